The lowest BCUT2D eigenvalue weighted by molar-refractivity contribution is -0.142. The van der Waals surface area contributed by atoms with Crippen molar-refractivity contribution in [1.82, 2.24) is 14.7 Å². The predicted octanol–water partition coefficient (Wildman–Crippen LogP) is -0.0754. The summed E-state index contributed by atoms with van der Waals surface area (Å²) in [5.41, 5.74) is 0. The summed E-state index contributed by atoms with van der Waals surface area (Å²) < 4.78 is 5.45. The molecule has 2 saturated heterocycles. The number of amides is 2. The van der Waals surface area contributed by atoms with Gasteiger partial charge in [0.2, 0.25) is 11.8 Å². The lowest BCUT2D eigenvalue weighted by Gasteiger charge is -2.35. The summed E-state index contributed by atoms with van der Waals surface area (Å²) in [6.45, 7) is 7.21. The van der Waals surface area contributed by atoms with Gasteiger partial charge in [0.05, 0.1) is 6.61 Å². The largest absolute Gasteiger partial charge is 0.388 e. The number of ether oxygens (including phenoxy) is 1. The van der Waals surface area contributed by atoms with E-state index in [1.165, 1.54) is 4.90 Å². The average Bonchev–Trinajstić information content (AvgIpc) is 2.75. The second kappa shape index (κ2) is 13.4. The van der Waals surface area contributed by atoms with E-state index >= 15 is 0 Å². The second-order valence-electron chi connectivity index (χ2n) is 9.75. The maximum Gasteiger partial charge on any atom is 0.225 e. The van der Waals surface area contributed by atoms with Crippen LogP contribution in [0.2, 0.25) is 0 Å². The normalized spacial score (nSPS) is 28.5. The Bertz CT molecular complexity index is 582. The molecule has 0 aromatic carbocycles. The summed E-state index contributed by atoms with van der Waals surface area (Å²) in [5.74, 6) is 0.159. The number of carbonyl (C=O) groups excluding carboxylic acids is 2. The van der Waals surface area contributed by atoms with Crippen LogP contribution in [-0.2, 0) is 14.3 Å². The highest BCUT2D eigenvalue weighted by Crippen LogP contribution is 2.19. The first-order chi connectivity index (χ1) is 15.2. The molecule has 0 spiro atoms. The number of aliphatic hydroxyl groups excluding tert-OH is 3. The molecule has 9 heteroatoms. The van der Waals surface area contributed by atoms with Crippen LogP contribution >= 0.6 is 0 Å². The van der Waals surface area contributed by atoms with Crippen molar-refractivity contribution in [2.75, 3.05) is 59.5 Å². The summed E-state index contributed by atoms with van der Waals surface area (Å²) in [6, 6.07) is 0. The number of hydrogen-bond acceptors (Lipinski definition) is 7. The number of hydrogen-bond donors (Lipinski definition) is 3. The number of piperidine rings is 1. The molecule has 0 saturated carbocycles. The summed E-state index contributed by atoms with van der Waals surface area (Å²) >= 11 is 0. The van der Waals surface area contributed by atoms with Crippen molar-refractivity contribution < 1.29 is 29.6 Å². The van der Waals surface area contributed by atoms with Gasteiger partial charge in [-0.2, -0.15) is 0 Å². The molecule has 2 aliphatic rings. The Labute approximate surface area is 192 Å². The number of rotatable bonds is 3. The zero-order valence-electron chi connectivity index (χ0n) is 20.0. The Hall–Kier alpha value is -1.26. The minimum atomic E-state index is -1.41. The Morgan fingerprint density at radius 1 is 0.938 bits per heavy atom. The Morgan fingerprint density at radius 2 is 1.59 bits per heavy atom. The van der Waals surface area contributed by atoms with E-state index in [1.54, 1.807) is 0 Å². The van der Waals surface area contributed by atoms with Crippen LogP contribution in [-0.4, -0.2) is 120 Å². The van der Waals surface area contributed by atoms with E-state index in [2.05, 4.69) is 11.9 Å². The van der Waals surface area contributed by atoms with Gasteiger partial charge in [0.1, 0.15) is 18.3 Å². The van der Waals surface area contributed by atoms with Gasteiger partial charge in [-0.15, -0.1) is 0 Å². The first kappa shape index (κ1) is 27.0. The molecule has 32 heavy (non-hydrogen) atoms. The Balaban J connectivity index is 2.13. The van der Waals surface area contributed by atoms with Gasteiger partial charge in [-0.05, 0) is 51.7 Å². The highest BCUT2D eigenvalue weighted by molar-refractivity contribution is 5.79. The topological polar surface area (TPSA) is 114 Å². The number of nitrogens with zero attached hydrogens (tertiary/aromatic N) is 3. The van der Waals surface area contributed by atoms with Gasteiger partial charge in [-0.25, -0.2) is 0 Å². The molecule has 0 radical (unpaired) electrons. The van der Waals surface area contributed by atoms with E-state index in [9.17, 15) is 24.9 Å². The van der Waals surface area contributed by atoms with Gasteiger partial charge in [-0.1, -0.05) is 13.8 Å². The minimum Gasteiger partial charge on any atom is -0.388 e. The fourth-order valence-electron chi connectivity index (χ4n) is 4.28. The summed E-state index contributed by atoms with van der Waals surface area (Å²) in [6.07, 6.45) is -0.454. The van der Waals surface area contributed by atoms with Crippen molar-refractivity contribution >= 4 is 11.8 Å². The third kappa shape index (κ3) is 8.59. The summed E-state index contributed by atoms with van der Waals surface area (Å²) in [4.78, 5) is 31.7. The van der Waals surface area contributed by atoms with E-state index in [-0.39, 0.29) is 36.8 Å². The van der Waals surface area contributed by atoms with Gasteiger partial charge in [0, 0.05) is 45.1 Å². The Kier molecular flexibility index (Phi) is 11.3. The van der Waals surface area contributed by atoms with Crippen LogP contribution in [0.15, 0.2) is 0 Å². The fraction of sp³-hybridized carbons (Fsp3) is 0.913. The van der Waals surface area contributed by atoms with Crippen LogP contribution in [0.4, 0.5) is 0 Å². The smallest absolute Gasteiger partial charge is 0.225 e. The number of carbonyl (C=O) groups is 2. The van der Waals surface area contributed by atoms with Crippen LogP contribution in [0.25, 0.3) is 0 Å². The Morgan fingerprint density at radius 3 is 2.25 bits per heavy atom. The first-order valence-corrected chi connectivity index (χ1v) is 12.1. The molecule has 0 aromatic heterocycles. The molecule has 186 valence electrons. The average molecular weight is 458 g/mol. The van der Waals surface area contributed by atoms with E-state index < -0.39 is 18.3 Å². The molecule has 0 aliphatic carbocycles. The molecule has 3 N–H and O–H groups in total. The molecule has 3 atom stereocenters. The van der Waals surface area contributed by atoms with E-state index in [4.69, 9.17) is 4.74 Å². The monoisotopic (exact) mass is 457 g/mol. The zero-order valence-corrected chi connectivity index (χ0v) is 20.0. The minimum absolute atomic E-state index is 0.00343. The molecule has 2 rings (SSSR count). The quantitative estimate of drug-likeness (QED) is 0.543. The highest BCUT2D eigenvalue weighted by Gasteiger charge is 2.31. The van der Waals surface area contributed by atoms with Crippen molar-refractivity contribution in [3.63, 3.8) is 0 Å². The summed E-state index contributed by atoms with van der Waals surface area (Å²) in [7, 11) is 2.07. The number of aliphatic hydroxyl groups is 3. The molecular weight excluding hydrogens is 414 g/mol. The van der Waals surface area contributed by atoms with Crippen LogP contribution < -0.4 is 0 Å². The molecule has 2 aliphatic heterocycles. The molecular formula is C23H43N3O6. The molecule has 2 heterocycles. The highest BCUT2D eigenvalue weighted by atomic mass is 16.5. The van der Waals surface area contributed by atoms with Crippen molar-refractivity contribution in [2.24, 2.45) is 11.8 Å². The van der Waals surface area contributed by atoms with Gasteiger partial charge >= 0.3 is 0 Å². The third-order valence-electron chi connectivity index (χ3n) is 6.41. The van der Waals surface area contributed by atoms with Gasteiger partial charge < -0.3 is 34.8 Å². The predicted molar refractivity (Wildman–Crippen MR) is 121 cm³/mol. The van der Waals surface area contributed by atoms with E-state index in [0.717, 1.165) is 38.8 Å². The standard InChI is InChI=1S/C23H43N3O6/c1-17(2)14-21(29)26-12-11-25(23(31)18-6-9-24(3)10-7-18)8-4-5-13-32-16-20(28)22(30)19(27)15-26/h17-20,22,27-28,30H,4-16H2,1-3H3/t19-,20+,22+/m0/s1. The molecule has 0 aromatic rings. The van der Waals surface area contributed by atoms with Gasteiger partial charge in [0.25, 0.3) is 0 Å². The summed E-state index contributed by atoms with van der Waals surface area (Å²) in [5, 5.41) is 30.9. The van der Waals surface area contributed by atoms with Crippen LogP contribution in [0, 0.1) is 11.8 Å². The number of β-amino-alcohol motifs (C(OH)–C–C–N with tert-alkyl or cyclic N) is 1. The lowest BCUT2D eigenvalue weighted by atomic mass is 9.95. The van der Waals surface area contributed by atoms with Crippen LogP contribution in [0.3, 0.4) is 0 Å². The maximum atomic E-state index is 13.3. The van der Waals surface area contributed by atoms with E-state index in [0.29, 0.717) is 32.7 Å². The molecule has 2 amide bonds. The zero-order chi connectivity index (χ0) is 23.7. The first-order valence-electron chi connectivity index (χ1n) is 12.1. The molecule has 9 nitrogen and oxygen atoms in total. The SMILES string of the molecule is CC(C)CC(=O)N1CCN(C(=O)C2CCN(C)CC2)CCCCOC[C@@H](O)[C@H](O)[C@@H](O)C1. The van der Waals surface area contributed by atoms with Gasteiger partial charge in [0.15, 0.2) is 0 Å². The molecule has 2 fully saturated rings. The third-order valence-corrected chi connectivity index (χ3v) is 6.41. The van der Waals surface area contributed by atoms with Crippen molar-refractivity contribution in [3.05, 3.63) is 0 Å². The fourth-order valence-corrected chi connectivity index (χ4v) is 4.28. The second-order valence-corrected chi connectivity index (χ2v) is 9.75. The van der Waals surface area contributed by atoms with Crippen molar-refractivity contribution in [2.45, 2.75) is 64.3 Å². The lowest BCUT2D eigenvalue weighted by Crippen LogP contribution is -2.50. The maximum absolute atomic E-state index is 13.3. The van der Waals surface area contributed by atoms with Crippen molar-refractivity contribution in [1.29, 1.82) is 0 Å². The van der Waals surface area contributed by atoms with Crippen LogP contribution in [0.1, 0.15) is 46.0 Å². The number of likely N-dealkylation sites (tertiary alicyclic amines) is 1. The molecule has 0 unspecified atom stereocenters. The molecule has 0 bridgehead atoms. The van der Waals surface area contributed by atoms with Gasteiger partial charge in [-0.3, -0.25) is 9.59 Å². The van der Waals surface area contributed by atoms with Crippen LogP contribution in [0.5, 0.6) is 0 Å². The van der Waals surface area contributed by atoms with E-state index in [1.807, 2.05) is 18.7 Å². The van der Waals surface area contributed by atoms with Crippen molar-refractivity contribution in [3.8, 4) is 0 Å².